The highest BCUT2D eigenvalue weighted by molar-refractivity contribution is 7.17. The average Bonchev–Trinajstić information content (AvgIpc) is 3.00. The van der Waals surface area contributed by atoms with Crippen LogP contribution >= 0.6 is 34.5 Å². The molecule has 1 fully saturated rings. The number of nitrogens with one attached hydrogen (secondary N) is 2. The molecule has 0 spiro atoms. The molecule has 4 nitrogen and oxygen atoms in total. The number of anilines is 1. The summed E-state index contributed by atoms with van der Waals surface area (Å²) in [6.07, 6.45) is 2.15. The van der Waals surface area contributed by atoms with Crippen molar-refractivity contribution in [2.75, 3.05) is 18.4 Å². The van der Waals surface area contributed by atoms with Gasteiger partial charge in [0.2, 0.25) is 5.28 Å². The van der Waals surface area contributed by atoms with Crippen LogP contribution < -0.4 is 10.6 Å². The normalized spacial score (nSPS) is 15.8. The first kappa shape index (κ1) is 16.1. The summed E-state index contributed by atoms with van der Waals surface area (Å²) in [4.78, 5) is 9.76. The zero-order chi connectivity index (χ0) is 16.5. The van der Waals surface area contributed by atoms with E-state index in [-0.39, 0.29) is 5.28 Å². The van der Waals surface area contributed by atoms with Crippen LogP contribution in [0.15, 0.2) is 29.6 Å². The molecule has 1 aliphatic heterocycles. The predicted molar refractivity (Wildman–Crippen MR) is 102 cm³/mol. The van der Waals surface area contributed by atoms with E-state index >= 15 is 0 Å². The Labute approximate surface area is 154 Å². The highest BCUT2D eigenvalue weighted by Gasteiger charge is 2.19. The van der Waals surface area contributed by atoms with Gasteiger partial charge in [0.15, 0.2) is 0 Å². The molecule has 2 aromatic heterocycles. The van der Waals surface area contributed by atoms with E-state index in [1.54, 1.807) is 11.3 Å². The van der Waals surface area contributed by atoms with E-state index in [4.69, 9.17) is 23.2 Å². The molecule has 7 heteroatoms. The third kappa shape index (κ3) is 3.22. The van der Waals surface area contributed by atoms with E-state index in [0.717, 1.165) is 58.1 Å². The summed E-state index contributed by atoms with van der Waals surface area (Å²) in [6.45, 7) is 2.04. The third-order valence-corrected chi connectivity index (χ3v) is 5.53. The second kappa shape index (κ2) is 6.84. The molecule has 3 aromatic rings. The molecule has 0 radical (unpaired) electrons. The number of fused-ring (bicyclic) bond motifs is 1. The van der Waals surface area contributed by atoms with Crippen molar-refractivity contribution in [2.45, 2.75) is 18.9 Å². The number of thiophene rings is 1. The van der Waals surface area contributed by atoms with Crippen molar-refractivity contribution in [1.29, 1.82) is 0 Å². The number of piperidine rings is 1. The quantitative estimate of drug-likeness (QED) is 0.640. The maximum Gasteiger partial charge on any atom is 0.225 e. The molecule has 0 unspecified atom stereocenters. The first-order chi connectivity index (χ1) is 11.7. The molecular formula is C17H16Cl2N4S. The van der Waals surface area contributed by atoms with Crippen molar-refractivity contribution in [3.63, 3.8) is 0 Å². The lowest BCUT2D eigenvalue weighted by Crippen LogP contribution is -2.35. The zero-order valence-electron chi connectivity index (χ0n) is 12.9. The Bertz CT molecular complexity index is 857. The molecule has 0 bridgehead atoms. The molecular weight excluding hydrogens is 363 g/mol. The van der Waals surface area contributed by atoms with Gasteiger partial charge in [-0.1, -0.05) is 23.7 Å². The van der Waals surface area contributed by atoms with Gasteiger partial charge in [0.1, 0.15) is 10.6 Å². The summed E-state index contributed by atoms with van der Waals surface area (Å²) in [6, 6.07) is 8.24. The first-order valence-corrected chi connectivity index (χ1v) is 9.52. The number of halogens is 2. The fourth-order valence-corrected chi connectivity index (χ4v) is 4.31. The summed E-state index contributed by atoms with van der Waals surface area (Å²) >= 11 is 13.7. The Hall–Kier alpha value is -1.40. The van der Waals surface area contributed by atoms with Crippen LogP contribution in [0.2, 0.25) is 10.3 Å². The van der Waals surface area contributed by atoms with Crippen molar-refractivity contribution in [1.82, 2.24) is 15.3 Å². The highest BCUT2D eigenvalue weighted by atomic mass is 35.5. The lowest BCUT2D eigenvalue weighted by atomic mass is 10.0. The molecule has 1 aliphatic rings. The van der Waals surface area contributed by atoms with E-state index in [9.17, 15) is 0 Å². The second-order valence-electron chi connectivity index (χ2n) is 5.85. The van der Waals surface area contributed by atoms with E-state index in [1.165, 1.54) is 0 Å². The van der Waals surface area contributed by atoms with Gasteiger partial charge >= 0.3 is 0 Å². The minimum atomic E-state index is 0.281. The number of nitrogens with zero attached hydrogens (tertiary/aromatic N) is 2. The van der Waals surface area contributed by atoms with E-state index in [2.05, 4.69) is 26.0 Å². The van der Waals surface area contributed by atoms with Crippen LogP contribution in [-0.2, 0) is 0 Å². The van der Waals surface area contributed by atoms with Gasteiger partial charge in [0.05, 0.1) is 5.39 Å². The summed E-state index contributed by atoms with van der Waals surface area (Å²) in [5.41, 5.74) is 2.21. The van der Waals surface area contributed by atoms with E-state index < -0.39 is 0 Å². The maximum absolute atomic E-state index is 6.13. The molecule has 1 saturated heterocycles. The average molecular weight is 379 g/mol. The predicted octanol–water partition coefficient (Wildman–Crippen LogP) is 4.83. The summed E-state index contributed by atoms with van der Waals surface area (Å²) < 4.78 is 0. The summed E-state index contributed by atoms with van der Waals surface area (Å²) in [5.74, 6) is 0.822. The minimum Gasteiger partial charge on any atom is -0.367 e. The zero-order valence-corrected chi connectivity index (χ0v) is 15.2. The van der Waals surface area contributed by atoms with Crippen LogP contribution in [0.25, 0.3) is 21.3 Å². The first-order valence-electron chi connectivity index (χ1n) is 7.88. The summed E-state index contributed by atoms with van der Waals surface area (Å²) in [7, 11) is 0. The Balaban J connectivity index is 1.79. The molecule has 124 valence electrons. The largest absolute Gasteiger partial charge is 0.367 e. The monoisotopic (exact) mass is 378 g/mol. The second-order valence-corrected chi connectivity index (χ2v) is 7.48. The van der Waals surface area contributed by atoms with Gasteiger partial charge in [0, 0.05) is 22.0 Å². The standard InChI is InChI=1S/C17H16Cl2N4S/c18-11-3-1-10(2-4-11)13-9-24-16-14(13)15(22-17(19)23-16)21-12-5-7-20-8-6-12/h1-4,9,12,20H,5-8H2,(H,21,22,23). The van der Waals surface area contributed by atoms with Gasteiger partial charge in [-0.3, -0.25) is 0 Å². The van der Waals surface area contributed by atoms with Gasteiger partial charge in [-0.05, 0) is 55.2 Å². The molecule has 0 aliphatic carbocycles. The topological polar surface area (TPSA) is 49.8 Å². The molecule has 4 rings (SSSR count). The minimum absolute atomic E-state index is 0.281. The highest BCUT2D eigenvalue weighted by Crippen LogP contribution is 2.38. The fourth-order valence-electron chi connectivity index (χ4n) is 3.02. The molecule has 0 atom stereocenters. The van der Waals surface area contributed by atoms with E-state index in [0.29, 0.717) is 6.04 Å². The van der Waals surface area contributed by atoms with Gasteiger partial charge in [-0.25, -0.2) is 9.97 Å². The number of aromatic nitrogens is 2. The molecule has 2 N–H and O–H groups in total. The van der Waals surface area contributed by atoms with Gasteiger partial charge in [-0.15, -0.1) is 11.3 Å². The molecule has 0 amide bonds. The number of hydrogen-bond acceptors (Lipinski definition) is 5. The Kier molecular flexibility index (Phi) is 4.59. The molecule has 24 heavy (non-hydrogen) atoms. The van der Waals surface area contributed by atoms with Crippen LogP contribution in [0.5, 0.6) is 0 Å². The van der Waals surface area contributed by atoms with Crippen molar-refractivity contribution in [2.24, 2.45) is 0 Å². The van der Waals surface area contributed by atoms with Gasteiger partial charge < -0.3 is 10.6 Å². The number of hydrogen-bond donors (Lipinski definition) is 2. The Morgan fingerprint density at radius 3 is 2.58 bits per heavy atom. The van der Waals surface area contributed by atoms with Crippen LogP contribution in [-0.4, -0.2) is 29.1 Å². The molecule has 1 aromatic carbocycles. The third-order valence-electron chi connectivity index (χ3n) is 4.24. The van der Waals surface area contributed by atoms with E-state index in [1.807, 2.05) is 24.3 Å². The Morgan fingerprint density at radius 2 is 1.83 bits per heavy atom. The van der Waals surface area contributed by atoms with Crippen LogP contribution in [0, 0.1) is 0 Å². The van der Waals surface area contributed by atoms with Crippen molar-refractivity contribution >= 4 is 50.6 Å². The van der Waals surface area contributed by atoms with Crippen molar-refractivity contribution < 1.29 is 0 Å². The Morgan fingerprint density at radius 1 is 1.08 bits per heavy atom. The molecule has 0 saturated carbocycles. The van der Waals surface area contributed by atoms with Crippen LogP contribution in [0.3, 0.4) is 0 Å². The van der Waals surface area contributed by atoms with Gasteiger partial charge in [0.25, 0.3) is 0 Å². The van der Waals surface area contributed by atoms with Crippen molar-refractivity contribution in [3.8, 4) is 11.1 Å². The molecule has 3 heterocycles. The van der Waals surface area contributed by atoms with Crippen LogP contribution in [0.1, 0.15) is 12.8 Å². The lowest BCUT2D eigenvalue weighted by molar-refractivity contribution is 0.478. The van der Waals surface area contributed by atoms with Crippen LogP contribution in [0.4, 0.5) is 5.82 Å². The smallest absolute Gasteiger partial charge is 0.225 e. The lowest BCUT2D eigenvalue weighted by Gasteiger charge is -2.24. The SMILES string of the molecule is Clc1ccc(-c2csc3nc(Cl)nc(NC4CCNCC4)c23)cc1. The summed E-state index contributed by atoms with van der Waals surface area (Å²) in [5, 5.41) is 11.1. The number of benzene rings is 1. The fraction of sp³-hybridized carbons (Fsp3) is 0.294. The maximum atomic E-state index is 6.13. The van der Waals surface area contributed by atoms with Gasteiger partial charge in [-0.2, -0.15) is 0 Å². The number of rotatable bonds is 3. The van der Waals surface area contributed by atoms with Crippen molar-refractivity contribution in [3.05, 3.63) is 40.0 Å².